The lowest BCUT2D eigenvalue weighted by Gasteiger charge is -2.16. The molecule has 0 unspecified atom stereocenters. The third-order valence-corrected chi connectivity index (χ3v) is 4.57. The van der Waals surface area contributed by atoms with Crippen LogP contribution in [0.25, 0.3) is 21.9 Å². The lowest BCUT2D eigenvalue weighted by molar-refractivity contribution is -0.128. The van der Waals surface area contributed by atoms with E-state index in [0.29, 0.717) is 12.3 Å². The average Bonchev–Trinajstić information content (AvgIpc) is 3.26. The van der Waals surface area contributed by atoms with Crippen molar-refractivity contribution in [2.24, 2.45) is 0 Å². The molecule has 130 valence electrons. The van der Waals surface area contributed by atoms with Gasteiger partial charge in [0.05, 0.1) is 12.7 Å². The molecule has 2 heterocycles. The molecule has 4 rings (SSSR count). The molecule has 1 aliphatic heterocycles. The number of ether oxygens (including phenoxy) is 2. The van der Waals surface area contributed by atoms with Gasteiger partial charge in [0.15, 0.2) is 0 Å². The van der Waals surface area contributed by atoms with E-state index in [1.54, 1.807) is 6.92 Å². The quantitative estimate of drug-likeness (QED) is 0.760. The van der Waals surface area contributed by atoms with Crippen molar-refractivity contribution in [1.82, 2.24) is 0 Å². The van der Waals surface area contributed by atoms with Crippen LogP contribution in [-0.2, 0) is 14.3 Å². The van der Waals surface area contributed by atoms with Gasteiger partial charge in [-0.2, -0.15) is 0 Å². The van der Waals surface area contributed by atoms with Crippen LogP contribution in [0.2, 0.25) is 0 Å². The van der Waals surface area contributed by atoms with Crippen molar-refractivity contribution < 1.29 is 18.7 Å². The molecule has 1 aliphatic rings. The maximum absolute atomic E-state index is 12.3. The second-order valence-electron chi connectivity index (χ2n) is 6.41. The Bertz CT molecular complexity index is 895. The number of carbonyl (C=O) groups is 1. The molecule has 1 amide bonds. The molecule has 5 heteroatoms. The number of fused-ring (bicyclic) bond motifs is 3. The standard InChI is InChI=1S/C20H21NO4/c1-13(24-12-15-5-4-10-23-15)20(22)21-14-8-9-17-16-6-2-3-7-18(16)25-19(17)11-14/h2-3,6-9,11,13,15H,4-5,10,12H2,1H3,(H,21,22)/t13-,15-/m0/s1. The highest BCUT2D eigenvalue weighted by Crippen LogP contribution is 2.30. The Kier molecular flexibility index (Phi) is 4.42. The molecule has 2 atom stereocenters. The second kappa shape index (κ2) is 6.86. The topological polar surface area (TPSA) is 60.7 Å². The van der Waals surface area contributed by atoms with Crippen LogP contribution < -0.4 is 5.32 Å². The average molecular weight is 339 g/mol. The number of anilines is 1. The molecule has 2 aromatic carbocycles. The van der Waals surface area contributed by atoms with Crippen LogP contribution in [0.1, 0.15) is 19.8 Å². The summed E-state index contributed by atoms with van der Waals surface area (Å²) in [6.45, 7) is 2.99. The van der Waals surface area contributed by atoms with E-state index in [2.05, 4.69) is 5.32 Å². The molecule has 1 N–H and O–H groups in total. The maximum Gasteiger partial charge on any atom is 0.253 e. The number of para-hydroxylation sites is 1. The normalized spacial score (nSPS) is 18.7. The summed E-state index contributed by atoms with van der Waals surface area (Å²) in [5, 5.41) is 5.00. The summed E-state index contributed by atoms with van der Waals surface area (Å²) in [4.78, 5) is 12.3. The van der Waals surface area contributed by atoms with Crippen LogP contribution in [0, 0.1) is 0 Å². The van der Waals surface area contributed by atoms with E-state index in [1.807, 2.05) is 42.5 Å². The first-order valence-corrected chi connectivity index (χ1v) is 8.66. The molecule has 1 aromatic heterocycles. The lowest BCUT2D eigenvalue weighted by atomic mass is 10.1. The van der Waals surface area contributed by atoms with Crippen LogP contribution in [0.3, 0.4) is 0 Å². The van der Waals surface area contributed by atoms with Gasteiger partial charge in [-0.1, -0.05) is 18.2 Å². The predicted octanol–water partition coefficient (Wildman–Crippen LogP) is 4.11. The van der Waals surface area contributed by atoms with Gasteiger partial charge in [-0.15, -0.1) is 0 Å². The van der Waals surface area contributed by atoms with Gasteiger partial charge in [0.2, 0.25) is 0 Å². The highest BCUT2D eigenvalue weighted by Gasteiger charge is 2.20. The van der Waals surface area contributed by atoms with Crippen molar-refractivity contribution in [3.8, 4) is 0 Å². The fourth-order valence-electron chi connectivity index (χ4n) is 3.15. The number of carbonyl (C=O) groups excluding carboxylic acids is 1. The molecule has 25 heavy (non-hydrogen) atoms. The summed E-state index contributed by atoms with van der Waals surface area (Å²) in [6.07, 6.45) is 1.64. The van der Waals surface area contributed by atoms with Gasteiger partial charge in [-0.05, 0) is 38.0 Å². The van der Waals surface area contributed by atoms with Crippen LogP contribution >= 0.6 is 0 Å². The minimum absolute atomic E-state index is 0.113. The van der Waals surface area contributed by atoms with Crippen molar-refractivity contribution in [1.29, 1.82) is 0 Å². The minimum atomic E-state index is -0.532. The van der Waals surface area contributed by atoms with Gasteiger partial charge >= 0.3 is 0 Å². The van der Waals surface area contributed by atoms with Crippen molar-refractivity contribution >= 4 is 33.5 Å². The molecular weight excluding hydrogens is 318 g/mol. The molecule has 0 spiro atoms. The highest BCUT2D eigenvalue weighted by molar-refractivity contribution is 6.06. The summed E-state index contributed by atoms with van der Waals surface area (Å²) < 4.78 is 17.0. The van der Waals surface area contributed by atoms with Gasteiger partial charge in [0, 0.05) is 29.1 Å². The summed E-state index contributed by atoms with van der Waals surface area (Å²) in [5.74, 6) is -0.173. The highest BCUT2D eigenvalue weighted by atomic mass is 16.5. The van der Waals surface area contributed by atoms with Crippen LogP contribution in [-0.4, -0.2) is 31.3 Å². The molecule has 5 nitrogen and oxygen atoms in total. The number of nitrogens with one attached hydrogen (secondary N) is 1. The van der Waals surface area contributed by atoms with Gasteiger partial charge < -0.3 is 19.2 Å². The SMILES string of the molecule is C[C@H](OC[C@@H]1CCCO1)C(=O)Nc1ccc2c(c1)oc1ccccc12. The first kappa shape index (κ1) is 16.1. The predicted molar refractivity (Wildman–Crippen MR) is 96.7 cm³/mol. The largest absolute Gasteiger partial charge is 0.456 e. The van der Waals surface area contributed by atoms with Crippen molar-refractivity contribution in [3.05, 3.63) is 42.5 Å². The summed E-state index contributed by atoms with van der Waals surface area (Å²) >= 11 is 0. The fraction of sp³-hybridized carbons (Fsp3) is 0.350. The van der Waals surface area contributed by atoms with Crippen molar-refractivity contribution in [2.45, 2.75) is 32.0 Å². The van der Waals surface area contributed by atoms with Crippen LogP contribution in [0.4, 0.5) is 5.69 Å². The van der Waals surface area contributed by atoms with E-state index in [0.717, 1.165) is 41.4 Å². The van der Waals surface area contributed by atoms with Gasteiger partial charge in [-0.3, -0.25) is 4.79 Å². The van der Waals surface area contributed by atoms with Gasteiger partial charge in [0.25, 0.3) is 5.91 Å². The fourth-order valence-corrected chi connectivity index (χ4v) is 3.15. The van der Waals surface area contributed by atoms with E-state index in [1.165, 1.54) is 0 Å². The Morgan fingerprint density at radius 3 is 2.92 bits per heavy atom. The Balaban J connectivity index is 1.44. The zero-order chi connectivity index (χ0) is 17.2. The third kappa shape index (κ3) is 3.38. The number of hydrogen-bond acceptors (Lipinski definition) is 4. The van der Waals surface area contributed by atoms with E-state index >= 15 is 0 Å². The molecule has 0 saturated carbocycles. The number of hydrogen-bond donors (Lipinski definition) is 1. The molecule has 0 bridgehead atoms. The van der Waals surface area contributed by atoms with Gasteiger partial charge in [-0.25, -0.2) is 0 Å². The Hall–Kier alpha value is -2.37. The smallest absolute Gasteiger partial charge is 0.253 e. The molecule has 0 aliphatic carbocycles. The van der Waals surface area contributed by atoms with Crippen molar-refractivity contribution in [3.63, 3.8) is 0 Å². The van der Waals surface area contributed by atoms with Crippen molar-refractivity contribution in [2.75, 3.05) is 18.5 Å². The van der Waals surface area contributed by atoms with Gasteiger partial charge in [0.1, 0.15) is 17.3 Å². The first-order valence-electron chi connectivity index (χ1n) is 8.66. The Morgan fingerprint density at radius 2 is 2.08 bits per heavy atom. The maximum atomic E-state index is 12.3. The molecular formula is C20H21NO4. The second-order valence-corrected chi connectivity index (χ2v) is 6.41. The lowest BCUT2D eigenvalue weighted by Crippen LogP contribution is -2.30. The number of furan rings is 1. The minimum Gasteiger partial charge on any atom is -0.456 e. The van der Waals surface area contributed by atoms with Crippen LogP contribution in [0.15, 0.2) is 46.9 Å². The molecule has 1 saturated heterocycles. The molecule has 1 fully saturated rings. The van der Waals surface area contributed by atoms with Crippen LogP contribution in [0.5, 0.6) is 0 Å². The number of amides is 1. The number of rotatable bonds is 5. The summed E-state index contributed by atoms with van der Waals surface area (Å²) in [5.41, 5.74) is 2.30. The Labute approximate surface area is 145 Å². The van der Waals surface area contributed by atoms with E-state index < -0.39 is 6.10 Å². The zero-order valence-electron chi connectivity index (χ0n) is 14.2. The monoisotopic (exact) mass is 339 g/mol. The number of benzene rings is 2. The van der Waals surface area contributed by atoms with E-state index in [4.69, 9.17) is 13.9 Å². The molecule has 0 radical (unpaired) electrons. The summed E-state index contributed by atoms with van der Waals surface area (Å²) in [7, 11) is 0. The third-order valence-electron chi connectivity index (χ3n) is 4.57. The Morgan fingerprint density at radius 1 is 1.24 bits per heavy atom. The zero-order valence-corrected chi connectivity index (χ0v) is 14.2. The first-order chi connectivity index (χ1) is 12.2. The van der Waals surface area contributed by atoms with E-state index in [-0.39, 0.29) is 12.0 Å². The summed E-state index contributed by atoms with van der Waals surface area (Å²) in [6, 6.07) is 13.6. The molecule has 3 aromatic rings. The van der Waals surface area contributed by atoms with E-state index in [9.17, 15) is 4.79 Å².